The Kier molecular flexibility index (Phi) is 7.26. The second-order valence-corrected chi connectivity index (χ2v) is 11.5. The van der Waals surface area contributed by atoms with Crippen LogP contribution in [0.3, 0.4) is 0 Å². The van der Waals surface area contributed by atoms with Gasteiger partial charge in [-0.1, -0.05) is 43.7 Å². The molecule has 1 aliphatic carbocycles. The third-order valence-corrected chi connectivity index (χ3v) is 8.52. The van der Waals surface area contributed by atoms with Gasteiger partial charge in [0, 0.05) is 26.6 Å². The maximum absolute atomic E-state index is 13.8. The number of thiazole rings is 1. The first-order chi connectivity index (χ1) is 18.2. The summed E-state index contributed by atoms with van der Waals surface area (Å²) < 4.78 is 34.5. The van der Waals surface area contributed by atoms with E-state index in [1.54, 1.807) is 4.90 Å². The van der Waals surface area contributed by atoms with Crippen molar-refractivity contribution in [3.63, 3.8) is 0 Å². The highest BCUT2D eigenvalue weighted by Crippen LogP contribution is 2.42. The summed E-state index contributed by atoms with van der Waals surface area (Å²) in [4.78, 5) is 33.4. The lowest BCUT2D eigenvalue weighted by atomic mass is 10.1. The number of amides is 2. The van der Waals surface area contributed by atoms with E-state index >= 15 is 0 Å². The van der Waals surface area contributed by atoms with E-state index in [1.807, 2.05) is 38.1 Å². The number of hydrogen-bond donors (Lipinski definition) is 2. The largest absolute Gasteiger partial charge is 0.465 e. The van der Waals surface area contributed by atoms with Gasteiger partial charge in [0.2, 0.25) is 11.8 Å². The first kappa shape index (κ1) is 26.3. The number of benzene rings is 2. The van der Waals surface area contributed by atoms with Gasteiger partial charge in [0.1, 0.15) is 18.2 Å². The standard InChI is InChI=1S/C28H32F2N4O3S.2H2/c1-4-7-22(31-17-10-11-19(29)20(30)12-17)26(36)34-15-18(13-23(34)25(35)33-28(3)14-16(28)2)37-27-32-21-8-5-6-9-24(21)38-27;;/h5-6,8-12,16,18,22-23,31H,4,7,13-15H2,1-3H3,(H,33,35);2*1H/t16-,18-,22+,23+,28-;;/m1../s1. The van der Waals surface area contributed by atoms with Crippen molar-refractivity contribution in [2.24, 2.45) is 5.92 Å². The summed E-state index contributed by atoms with van der Waals surface area (Å²) in [6, 6.07) is 9.77. The molecular weight excluding hydrogens is 510 g/mol. The van der Waals surface area contributed by atoms with E-state index in [0.717, 1.165) is 28.8 Å². The normalized spacial score (nSPS) is 25.3. The number of para-hydroxylation sites is 1. The number of rotatable bonds is 9. The number of anilines is 1. The first-order valence-electron chi connectivity index (χ1n) is 13.0. The fourth-order valence-corrected chi connectivity index (χ4v) is 5.95. The summed E-state index contributed by atoms with van der Waals surface area (Å²) in [5.74, 6) is -2.06. The maximum Gasteiger partial charge on any atom is 0.274 e. The van der Waals surface area contributed by atoms with Crippen LogP contribution >= 0.6 is 11.3 Å². The molecule has 1 aliphatic heterocycles. The van der Waals surface area contributed by atoms with Crippen molar-refractivity contribution < 1.29 is 26.0 Å². The van der Waals surface area contributed by atoms with Gasteiger partial charge in [-0.25, -0.2) is 13.8 Å². The van der Waals surface area contributed by atoms with Crippen molar-refractivity contribution in [3.8, 4) is 5.19 Å². The Morgan fingerprint density at radius 1 is 1.26 bits per heavy atom. The molecule has 5 rings (SSSR count). The first-order valence-corrected chi connectivity index (χ1v) is 13.8. The average molecular weight is 547 g/mol. The molecular formula is C28H36F2N4O3S. The van der Waals surface area contributed by atoms with Crippen LogP contribution in [0.2, 0.25) is 0 Å². The van der Waals surface area contributed by atoms with Crippen LogP contribution in [0.25, 0.3) is 10.2 Å². The minimum atomic E-state index is -0.993. The minimum Gasteiger partial charge on any atom is -0.465 e. The Morgan fingerprint density at radius 2 is 2.03 bits per heavy atom. The summed E-state index contributed by atoms with van der Waals surface area (Å²) >= 11 is 1.43. The average Bonchev–Trinajstić information content (AvgIpc) is 3.21. The van der Waals surface area contributed by atoms with Crippen molar-refractivity contribution in [2.75, 3.05) is 11.9 Å². The summed E-state index contributed by atoms with van der Waals surface area (Å²) in [6.07, 6.45) is 1.95. The fourth-order valence-electron chi connectivity index (χ4n) is 5.07. The van der Waals surface area contributed by atoms with E-state index in [0.29, 0.717) is 36.1 Å². The molecule has 0 unspecified atom stereocenters. The molecule has 2 aliphatic rings. The van der Waals surface area contributed by atoms with Crippen LogP contribution in [0.15, 0.2) is 42.5 Å². The highest BCUT2D eigenvalue weighted by Gasteiger charge is 2.51. The van der Waals surface area contributed by atoms with Gasteiger partial charge >= 0.3 is 0 Å². The Morgan fingerprint density at radius 3 is 2.71 bits per heavy atom. The number of ether oxygens (including phenoxy) is 1. The molecule has 1 saturated carbocycles. The maximum atomic E-state index is 13.8. The van der Waals surface area contributed by atoms with E-state index in [9.17, 15) is 18.4 Å². The van der Waals surface area contributed by atoms with E-state index in [1.165, 1.54) is 17.4 Å². The zero-order chi connectivity index (χ0) is 27.0. The smallest absolute Gasteiger partial charge is 0.274 e. The molecule has 2 aromatic carbocycles. The lowest BCUT2D eigenvalue weighted by Gasteiger charge is -2.29. The molecule has 0 bridgehead atoms. The number of carbonyl (C=O) groups is 2. The number of nitrogens with one attached hydrogen (secondary N) is 2. The van der Waals surface area contributed by atoms with Crippen LogP contribution < -0.4 is 15.4 Å². The van der Waals surface area contributed by atoms with Crippen LogP contribution in [0.4, 0.5) is 14.5 Å². The zero-order valence-electron chi connectivity index (χ0n) is 21.7. The number of nitrogens with zero attached hydrogens (tertiary/aromatic N) is 2. The van der Waals surface area contributed by atoms with Crippen LogP contribution in [0.5, 0.6) is 5.19 Å². The van der Waals surface area contributed by atoms with E-state index in [-0.39, 0.29) is 26.8 Å². The monoisotopic (exact) mass is 546 g/mol. The van der Waals surface area contributed by atoms with Crippen LogP contribution in [-0.4, -0.2) is 52.0 Å². The molecule has 0 spiro atoms. The molecule has 5 atom stereocenters. The van der Waals surface area contributed by atoms with Crippen LogP contribution in [0.1, 0.15) is 49.3 Å². The number of carbonyl (C=O) groups excluding carboxylic acids is 2. The van der Waals surface area contributed by atoms with Gasteiger partial charge in [-0.05, 0) is 49.9 Å². The van der Waals surface area contributed by atoms with Crippen molar-refractivity contribution >= 4 is 39.1 Å². The molecule has 206 valence electrons. The number of hydrogen-bond acceptors (Lipinski definition) is 6. The molecule has 0 radical (unpaired) electrons. The van der Waals surface area contributed by atoms with E-state index in [2.05, 4.69) is 22.5 Å². The van der Waals surface area contributed by atoms with E-state index in [4.69, 9.17) is 4.74 Å². The minimum absolute atomic E-state index is 0. The number of fused-ring (bicyclic) bond motifs is 1. The lowest BCUT2D eigenvalue weighted by Crippen LogP contribution is -2.52. The summed E-state index contributed by atoms with van der Waals surface area (Å²) in [6.45, 7) is 6.25. The van der Waals surface area contributed by atoms with Crippen molar-refractivity contribution in [3.05, 3.63) is 54.1 Å². The van der Waals surface area contributed by atoms with Gasteiger partial charge in [0.05, 0.1) is 16.8 Å². The summed E-state index contributed by atoms with van der Waals surface area (Å²) in [5, 5.41) is 6.68. The Labute approximate surface area is 227 Å². The van der Waals surface area contributed by atoms with Crippen molar-refractivity contribution in [1.82, 2.24) is 15.2 Å². The molecule has 2 heterocycles. The number of likely N-dealkylation sites (tertiary alicyclic amines) is 1. The van der Waals surface area contributed by atoms with Crippen molar-refractivity contribution in [2.45, 2.75) is 70.2 Å². The third kappa shape index (κ3) is 5.45. The van der Waals surface area contributed by atoms with E-state index < -0.39 is 29.8 Å². The molecule has 2 fully saturated rings. The molecule has 1 aromatic heterocycles. The predicted octanol–water partition coefficient (Wildman–Crippen LogP) is 5.61. The SMILES string of the molecule is CCC[C@H](Nc1ccc(F)c(F)c1)C(=O)N1C[C@H](Oc2nc3ccccc3s2)C[C@H]1C(=O)N[C@]1(C)C[C@H]1C.[HH].[HH]. The third-order valence-electron chi connectivity index (χ3n) is 7.59. The Bertz CT molecular complexity index is 1330. The van der Waals surface area contributed by atoms with Gasteiger partial charge in [-0.3, -0.25) is 9.59 Å². The Balaban J connectivity index is 0.00000220. The highest BCUT2D eigenvalue weighted by molar-refractivity contribution is 7.20. The van der Waals surface area contributed by atoms with Crippen LogP contribution in [-0.2, 0) is 9.59 Å². The number of halogens is 2. The second kappa shape index (κ2) is 10.5. The zero-order valence-corrected chi connectivity index (χ0v) is 22.5. The summed E-state index contributed by atoms with van der Waals surface area (Å²) in [5.41, 5.74) is 0.865. The lowest BCUT2D eigenvalue weighted by molar-refractivity contribution is -0.139. The predicted molar refractivity (Wildman–Crippen MR) is 147 cm³/mol. The van der Waals surface area contributed by atoms with Gasteiger partial charge in [-0.15, -0.1) is 0 Å². The number of aromatic nitrogens is 1. The molecule has 3 aromatic rings. The second-order valence-electron chi connectivity index (χ2n) is 10.6. The Hall–Kier alpha value is -3.27. The van der Waals surface area contributed by atoms with Gasteiger partial charge in [-0.2, -0.15) is 0 Å². The van der Waals surface area contributed by atoms with Gasteiger partial charge in [0.15, 0.2) is 11.6 Å². The van der Waals surface area contributed by atoms with Crippen LogP contribution in [0, 0.1) is 17.6 Å². The summed E-state index contributed by atoms with van der Waals surface area (Å²) in [7, 11) is 0. The molecule has 38 heavy (non-hydrogen) atoms. The molecule has 1 saturated heterocycles. The highest BCUT2D eigenvalue weighted by atomic mass is 32.1. The van der Waals surface area contributed by atoms with Crippen molar-refractivity contribution in [1.29, 1.82) is 0 Å². The fraction of sp³-hybridized carbons (Fsp3) is 0.464. The van der Waals surface area contributed by atoms with Gasteiger partial charge in [0.25, 0.3) is 5.19 Å². The molecule has 2 N–H and O–H groups in total. The topological polar surface area (TPSA) is 83.6 Å². The molecule has 2 amide bonds. The molecule has 7 nitrogen and oxygen atoms in total. The quantitative estimate of drug-likeness (QED) is 0.365. The van der Waals surface area contributed by atoms with Gasteiger partial charge < -0.3 is 20.3 Å². The molecule has 10 heteroatoms.